The van der Waals surface area contributed by atoms with Crippen LogP contribution in [0.1, 0.15) is 61.4 Å². The van der Waals surface area contributed by atoms with E-state index in [2.05, 4.69) is 20.8 Å². The first-order chi connectivity index (χ1) is 23.4. The van der Waals surface area contributed by atoms with E-state index < -0.39 is 40.1 Å². The van der Waals surface area contributed by atoms with Gasteiger partial charge in [-0.25, -0.2) is 18.2 Å². The molecule has 3 aromatic rings. The number of rotatable bonds is 17. The number of amides is 3. The van der Waals surface area contributed by atoms with E-state index in [4.69, 9.17) is 5.21 Å². The van der Waals surface area contributed by atoms with E-state index in [1.807, 2.05) is 56.5 Å². The molecule has 49 heavy (non-hydrogen) atoms. The average Bonchev–Trinajstić information content (AvgIpc) is 3.48. The number of aromatic nitrogens is 1. The predicted octanol–water partition coefficient (Wildman–Crippen LogP) is 4.40. The molecule has 1 fully saturated rings. The molecular weight excluding hydrogens is 665 g/mol. The number of carbonyl (C=O) groups is 2. The Hall–Kier alpha value is -3.85. The second-order valence-electron chi connectivity index (χ2n) is 12.8. The van der Waals surface area contributed by atoms with Crippen LogP contribution in [-0.4, -0.2) is 89.4 Å². The van der Waals surface area contributed by atoms with Gasteiger partial charge in [0.1, 0.15) is 6.04 Å². The highest BCUT2D eigenvalue weighted by Gasteiger charge is 2.35. The van der Waals surface area contributed by atoms with Gasteiger partial charge in [-0.1, -0.05) is 74.3 Å². The molecule has 2 aromatic carbocycles. The number of benzene rings is 2. The van der Waals surface area contributed by atoms with Crippen LogP contribution in [0.5, 0.6) is 0 Å². The summed E-state index contributed by atoms with van der Waals surface area (Å²) in [5.74, 6) is -0.530. The number of urea groups is 1. The van der Waals surface area contributed by atoms with E-state index in [1.54, 1.807) is 19.2 Å². The van der Waals surface area contributed by atoms with Crippen LogP contribution in [0, 0.1) is 18.8 Å². The van der Waals surface area contributed by atoms with Crippen molar-refractivity contribution in [2.75, 3.05) is 20.1 Å². The van der Waals surface area contributed by atoms with Gasteiger partial charge < -0.3 is 25.8 Å². The second kappa shape index (κ2) is 17.7. The van der Waals surface area contributed by atoms with Crippen molar-refractivity contribution in [1.29, 1.82) is 0 Å². The molecule has 1 heterocycles. The van der Waals surface area contributed by atoms with Gasteiger partial charge in [0, 0.05) is 25.5 Å². The van der Waals surface area contributed by atoms with Crippen molar-refractivity contribution < 1.29 is 28.3 Å². The van der Waals surface area contributed by atoms with Crippen LogP contribution in [0.4, 0.5) is 4.79 Å². The molecule has 1 aliphatic carbocycles. The zero-order chi connectivity index (χ0) is 35.6. The van der Waals surface area contributed by atoms with Crippen molar-refractivity contribution in [2.24, 2.45) is 17.0 Å². The second-order valence-corrected chi connectivity index (χ2v) is 15.8. The number of oxime groups is 1. The standard InChI is InChI=1S/C35H48N6O6S2/c1-5-24(2)33(39-35(44)40(4)21-29-23-48-25(3)37-29)34(43)38-31(18-26-10-7-6-8-11-26)32(42)22-41(20-28-12-9-13-28)49(46,47)30-16-14-27(15-17-30)19-36-45/h6-8,10-11,14-17,19,23-24,28,31-33,42,45H,5,9,12-13,18,20-22H2,1-4H3,(H,38,43)(H,39,44)/t24-,31-,32+,33-/m0/s1. The third-order valence-corrected chi connectivity index (χ3v) is 11.7. The normalized spacial score (nSPS) is 16.1. The molecule has 4 N–H and O–H groups in total. The van der Waals surface area contributed by atoms with Crippen LogP contribution < -0.4 is 10.6 Å². The summed E-state index contributed by atoms with van der Waals surface area (Å²) in [5, 5.41) is 32.3. The predicted molar refractivity (Wildman–Crippen MR) is 190 cm³/mol. The summed E-state index contributed by atoms with van der Waals surface area (Å²) in [7, 11) is -2.39. The Labute approximate surface area is 293 Å². The quantitative estimate of drug-likeness (QED) is 0.0916. The lowest BCUT2D eigenvalue weighted by Crippen LogP contribution is -2.58. The van der Waals surface area contributed by atoms with Crippen molar-refractivity contribution >= 4 is 39.5 Å². The van der Waals surface area contributed by atoms with E-state index >= 15 is 0 Å². The lowest BCUT2D eigenvalue weighted by molar-refractivity contribution is -0.125. The van der Waals surface area contributed by atoms with Crippen molar-refractivity contribution in [3.63, 3.8) is 0 Å². The molecule has 1 aromatic heterocycles. The molecule has 0 spiro atoms. The Morgan fingerprint density at radius 1 is 1.12 bits per heavy atom. The molecule has 3 amide bonds. The van der Waals surface area contributed by atoms with Gasteiger partial charge in [-0.3, -0.25) is 4.79 Å². The van der Waals surface area contributed by atoms with Crippen LogP contribution in [0.2, 0.25) is 0 Å². The Morgan fingerprint density at radius 3 is 2.39 bits per heavy atom. The first-order valence-corrected chi connectivity index (χ1v) is 19.0. The van der Waals surface area contributed by atoms with E-state index in [0.717, 1.165) is 35.5 Å². The lowest BCUT2D eigenvalue weighted by atomic mass is 9.85. The van der Waals surface area contributed by atoms with E-state index in [9.17, 15) is 23.1 Å². The zero-order valence-electron chi connectivity index (χ0n) is 28.5. The Morgan fingerprint density at radius 2 is 1.82 bits per heavy atom. The first kappa shape index (κ1) is 38.0. The summed E-state index contributed by atoms with van der Waals surface area (Å²) in [6.07, 6.45) is 3.59. The van der Waals surface area contributed by atoms with Crippen LogP contribution in [-0.2, 0) is 27.8 Å². The third kappa shape index (κ3) is 10.6. The maximum absolute atomic E-state index is 14.0. The minimum Gasteiger partial charge on any atom is -0.411 e. The van der Waals surface area contributed by atoms with Gasteiger partial charge in [0.15, 0.2) is 0 Å². The van der Waals surface area contributed by atoms with E-state index in [-0.39, 0.29) is 42.8 Å². The molecule has 0 saturated heterocycles. The van der Waals surface area contributed by atoms with Crippen molar-refractivity contribution in [2.45, 2.75) is 82.5 Å². The lowest BCUT2D eigenvalue weighted by Gasteiger charge is -2.35. The molecule has 12 nitrogen and oxygen atoms in total. The molecule has 0 unspecified atom stereocenters. The fourth-order valence-corrected chi connectivity index (χ4v) is 7.81. The topological polar surface area (TPSA) is 165 Å². The number of sulfonamides is 1. The molecule has 0 bridgehead atoms. The largest absolute Gasteiger partial charge is 0.411 e. The molecule has 0 aliphatic heterocycles. The molecule has 266 valence electrons. The maximum atomic E-state index is 14.0. The summed E-state index contributed by atoms with van der Waals surface area (Å²) in [6.45, 7) is 5.98. The number of thiazole rings is 1. The summed E-state index contributed by atoms with van der Waals surface area (Å²) >= 11 is 1.50. The number of aliphatic hydroxyl groups is 1. The molecule has 0 radical (unpaired) electrons. The van der Waals surface area contributed by atoms with Gasteiger partial charge in [-0.05, 0) is 61.3 Å². The fourth-order valence-electron chi connectivity index (χ4n) is 5.68. The highest BCUT2D eigenvalue weighted by Crippen LogP contribution is 2.30. The highest BCUT2D eigenvalue weighted by molar-refractivity contribution is 7.89. The average molecular weight is 713 g/mol. The number of aryl methyl sites for hydroxylation is 1. The summed E-state index contributed by atoms with van der Waals surface area (Å²) in [6, 6.07) is 13.1. The molecule has 4 rings (SSSR count). The number of aliphatic hydroxyl groups excluding tert-OH is 1. The SMILES string of the molecule is CC[C@H](C)[C@H](NC(=O)N(C)Cc1csc(C)n1)C(=O)N[C@@H](Cc1ccccc1)[C@H](O)CN(CC1CCC1)S(=O)(=O)c1ccc(C=NO)cc1. The third-order valence-electron chi connectivity index (χ3n) is 9.08. The summed E-state index contributed by atoms with van der Waals surface area (Å²) < 4.78 is 29.2. The fraction of sp³-hybridized carbons (Fsp3) is 0.486. The Bertz CT molecular complexity index is 1650. The van der Waals surface area contributed by atoms with Gasteiger partial charge >= 0.3 is 6.03 Å². The van der Waals surface area contributed by atoms with Gasteiger partial charge in [-0.2, -0.15) is 4.31 Å². The van der Waals surface area contributed by atoms with E-state index in [0.29, 0.717) is 12.0 Å². The van der Waals surface area contributed by atoms with Gasteiger partial charge in [0.2, 0.25) is 15.9 Å². The highest BCUT2D eigenvalue weighted by atomic mass is 32.2. The minimum absolute atomic E-state index is 0.0502. The summed E-state index contributed by atoms with van der Waals surface area (Å²) in [5.41, 5.74) is 2.14. The van der Waals surface area contributed by atoms with E-state index in [1.165, 1.54) is 38.9 Å². The van der Waals surface area contributed by atoms with Gasteiger partial charge in [0.25, 0.3) is 0 Å². The smallest absolute Gasteiger partial charge is 0.318 e. The molecule has 4 atom stereocenters. The summed E-state index contributed by atoms with van der Waals surface area (Å²) in [4.78, 5) is 33.2. The number of nitrogens with zero attached hydrogens (tertiary/aromatic N) is 4. The van der Waals surface area contributed by atoms with Crippen LogP contribution in [0.15, 0.2) is 70.0 Å². The van der Waals surface area contributed by atoms with Crippen molar-refractivity contribution in [3.05, 3.63) is 81.8 Å². The van der Waals surface area contributed by atoms with Crippen molar-refractivity contribution in [1.82, 2.24) is 24.8 Å². The van der Waals surface area contributed by atoms with Crippen LogP contribution in [0.3, 0.4) is 0 Å². The monoisotopic (exact) mass is 712 g/mol. The number of carbonyl (C=O) groups excluding carboxylic acids is 2. The Balaban J connectivity index is 1.56. The molecule has 1 aliphatic rings. The van der Waals surface area contributed by atoms with Crippen LogP contribution >= 0.6 is 11.3 Å². The minimum atomic E-state index is -4.03. The number of nitrogens with one attached hydrogen (secondary N) is 2. The van der Waals surface area contributed by atoms with Gasteiger partial charge in [-0.15, -0.1) is 11.3 Å². The first-order valence-electron chi connectivity index (χ1n) is 16.6. The molecule has 1 saturated carbocycles. The number of hydrogen-bond acceptors (Lipinski definition) is 9. The Kier molecular flexibility index (Phi) is 13.7. The molecule has 14 heteroatoms. The maximum Gasteiger partial charge on any atom is 0.318 e. The van der Waals surface area contributed by atoms with Crippen molar-refractivity contribution in [3.8, 4) is 0 Å². The van der Waals surface area contributed by atoms with Crippen LogP contribution in [0.25, 0.3) is 0 Å². The van der Waals surface area contributed by atoms with Gasteiger partial charge in [0.05, 0.1) is 40.5 Å². The zero-order valence-corrected chi connectivity index (χ0v) is 30.2. The molecular formula is C35H48N6O6S2. The number of hydrogen-bond donors (Lipinski definition) is 4.